The molecule has 2 heterocycles. The fourth-order valence-electron chi connectivity index (χ4n) is 3.67. The molecule has 0 bridgehead atoms. The Bertz CT molecular complexity index is 972. The van der Waals surface area contributed by atoms with E-state index in [1.165, 1.54) is 17.9 Å². The first-order chi connectivity index (χ1) is 16.0. The molecule has 1 saturated heterocycles. The van der Waals surface area contributed by atoms with E-state index in [-0.39, 0.29) is 50.9 Å². The Kier molecular flexibility index (Phi) is 7.65. The number of Topliss-reactive ketones (excluding diaryl/α,β-unsaturated/α-hetero) is 1. The molecule has 34 heavy (non-hydrogen) atoms. The van der Waals surface area contributed by atoms with Crippen LogP contribution in [0.25, 0.3) is 0 Å². The number of hydrogen-bond donors (Lipinski definition) is 1. The molecule has 1 N–H and O–H groups in total. The highest BCUT2D eigenvalue weighted by molar-refractivity contribution is 6.05. The van der Waals surface area contributed by atoms with E-state index < -0.39 is 29.6 Å². The zero-order valence-electron chi connectivity index (χ0n) is 20.1. The van der Waals surface area contributed by atoms with Gasteiger partial charge in [0, 0.05) is 24.7 Å². The lowest BCUT2D eigenvalue weighted by molar-refractivity contribution is -0.152. The molecule has 0 aromatic heterocycles. The third-order valence-electron chi connectivity index (χ3n) is 5.21. The van der Waals surface area contributed by atoms with Crippen LogP contribution in [0.15, 0.2) is 12.1 Å². The Morgan fingerprint density at radius 2 is 1.79 bits per heavy atom. The van der Waals surface area contributed by atoms with Gasteiger partial charge in [-0.05, 0) is 40.7 Å². The van der Waals surface area contributed by atoms with E-state index in [1.54, 1.807) is 38.7 Å². The Balaban J connectivity index is 1.72. The van der Waals surface area contributed by atoms with Crippen LogP contribution >= 0.6 is 0 Å². The second-order valence-electron chi connectivity index (χ2n) is 9.02. The second kappa shape index (κ2) is 10.3. The lowest BCUT2D eigenvalue weighted by atomic mass is 10.1. The average Bonchev–Trinajstić information content (AvgIpc) is 3.19. The molecule has 0 aliphatic carbocycles. The zero-order chi connectivity index (χ0) is 25.0. The van der Waals surface area contributed by atoms with Crippen molar-refractivity contribution in [1.82, 2.24) is 9.80 Å². The first kappa shape index (κ1) is 25.3. The van der Waals surface area contributed by atoms with Crippen LogP contribution in [-0.4, -0.2) is 84.8 Å². The van der Waals surface area contributed by atoms with Crippen LogP contribution in [0.3, 0.4) is 0 Å². The minimum absolute atomic E-state index is 0.0315. The van der Waals surface area contributed by atoms with E-state index in [2.05, 4.69) is 5.32 Å². The predicted octanol–water partition coefficient (Wildman–Crippen LogP) is 2.04. The summed E-state index contributed by atoms with van der Waals surface area (Å²) in [5.41, 5.74) is -0.0943. The number of nitrogens with one attached hydrogen (secondary N) is 1. The number of piperazine rings is 1. The van der Waals surface area contributed by atoms with Crippen LogP contribution in [0, 0.1) is 0 Å². The van der Waals surface area contributed by atoms with Gasteiger partial charge in [0.25, 0.3) is 0 Å². The van der Waals surface area contributed by atoms with Gasteiger partial charge in [-0.2, -0.15) is 0 Å². The summed E-state index contributed by atoms with van der Waals surface area (Å²) in [6.45, 7) is 9.00. The maximum absolute atomic E-state index is 12.9. The molecule has 1 fully saturated rings. The van der Waals surface area contributed by atoms with Crippen LogP contribution in [0.1, 0.15) is 45.0 Å². The molecular weight excluding hydrogens is 446 g/mol. The molecule has 186 valence electrons. The number of amides is 2. The van der Waals surface area contributed by atoms with E-state index in [4.69, 9.17) is 18.9 Å². The number of ketones is 1. The summed E-state index contributed by atoms with van der Waals surface area (Å²) in [7, 11) is 0. The van der Waals surface area contributed by atoms with Crippen LogP contribution in [-0.2, 0) is 19.1 Å². The number of nitrogens with zero attached hydrogens (tertiary/aromatic N) is 2. The van der Waals surface area contributed by atoms with Crippen molar-refractivity contribution in [2.75, 3.05) is 44.9 Å². The lowest BCUT2D eigenvalue weighted by Gasteiger charge is -2.39. The molecule has 0 spiro atoms. The molecule has 1 aromatic carbocycles. The van der Waals surface area contributed by atoms with Crippen LogP contribution in [0.5, 0.6) is 11.5 Å². The lowest BCUT2D eigenvalue weighted by Crippen LogP contribution is -2.59. The summed E-state index contributed by atoms with van der Waals surface area (Å²) < 4.78 is 21.2. The molecule has 0 radical (unpaired) electrons. The van der Waals surface area contributed by atoms with Crippen molar-refractivity contribution >= 4 is 29.4 Å². The molecular formula is C23H31N3O8. The fraction of sp³-hybridized carbons (Fsp3) is 0.565. The van der Waals surface area contributed by atoms with Gasteiger partial charge in [-0.25, -0.2) is 4.79 Å². The van der Waals surface area contributed by atoms with Gasteiger partial charge >= 0.3 is 12.1 Å². The van der Waals surface area contributed by atoms with Crippen molar-refractivity contribution in [2.24, 2.45) is 0 Å². The molecule has 2 aliphatic heterocycles. The number of hydrogen-bond acceptors (Lipinski definition) is 9. The normalized spacial score (nSPS) is 17.8. The molecule has 11 heteroatoms. The van der Waals surface area contributed by atoms with E-state index in [0.717, 1.165) is 0 Å². The Labute approximate surface area is 198 Å². The van der Waals surface area contributed by atoms with E-state index in [9.17, 15) is 19.2 Å². The zero-order valence-corrected chi connectivity index (χ0v) is 20.1. The quantitative estimate of drug-likeness (QED) is 0.484. The highest BCUT2D eigenvalue weighted by Crippen LogP contribution is 2.37. The van der Waals surface area contributed by atoms with Crippen molar-refractivity contribution in [3.63, 3.8) is 0 Å². The third kappa shape index (κ3) is 6.16. The van der Waals surface area contributed by atoms with Gasteiger partial charge in [0.2, 0.25) is 12.7 Å². The number of ether oxygens (including phenoxy) is 4. The van der Waals surface area contributed by atoms with Gasteiger partial charge in [-0.15, -0.1) is 0 Å². The van der Waals surface area contributed by atoms with Crippen molar-refractivity contribution in [3.05, 3.63) is 17.7 Å². The fourth-order valence-corrected chi connectivity index (χ4v) is 3.67. The Morgan fingerprint density at radius 1 is 1.12 bits per heavy atom. The third-order valence-corrected chi connectivity index (χ3v) is 5.21. The number of anilines is 1. The maximum Gasteiger partial charge on any atom is 0.410 e. The number of carbonyl (C=O) groups excluding carboxylic acids is 4. The van der Waals surface area contributed by atoms with Crippen molar-refractivity contribution in [1.29, 1.82) is 0 Å². The van der Waals surface area contributed by atoms with Gasteiger partial charge < -0.3 is 29.2 Å². The summed E-state index contributed by atoms with van der Waals surface area (Å²) in [6.07, 6.45) is -0.530. The number of fused-ring (bicyclic) bond motifs is 1. The van der Waals surface area contributed by atoms with Gasteiger partial charge in [0.05, 0.1) is 25.4 Å². The highest BCUT2D eigenvalue weighted by atomic mass is 16.7. The Hall–Kier alpha value is -3.34. The monoisotopic (exact) mass is 477 g/mol. The molecule has 1 unspecified atom stereocenters. The van der Waals surface area contributed by atoms with E-state index in [1.807, 2.05) is 0 Å². The van der Waals surface area contributed by atoms with Gasteiger partial charge in [0.1, 0.15) is 11.6 Å². The molecule has 3 rings (SSSR count). The molecule has 1 aromatic rings. The molecule has 1 atom stereocenters. The molecule has 11 nitrogen and oxygen atoms in total. The highest BCUT2D eigenvalue weighted by Gasteiger charge is 2.37. The smallest absolute Gasteiger partial charge is 0.410 e. The average molecular weight is 478 g/mol. The number of benzene rings is 1. The summed E-state index contributed by atoms with van der Waals surface area (Å²) in [5, 5.41) is 2.73. The standard InChI is InChI=1S/C23H31N3O8/c1-6-31-21(29)17-11-26(22(30)34-23(3,4)5)8-7-25(17)12-20(28)24-16-10-19-18(32-13-33-19)9-15(16)14(2)27/h9-10,17H,6-8,11-13H2,1-5H3,(H,24,28). The summed E-state index contributed by atoms with van der Waals surface area (Å²) in [6, 6.07) is 2.23. The van der Waals surface area contributed by atoms with E-state index in [0.29, 0.717) is 17.2 Å². The van der Waals surface area contributed by atoms with Crippen LogP contribution < -0.4 is 14.8 Å². The SMILES string of the molecule is CCOC(=O)C1CN(C(=O)OC(C)(C)C)CCN1CC(=O)Nc1cc2c(cc1C(C)=O)OCO2. The summed E-state index contributed by atoms with van der Waals surface area (Å²) in [5.74, 6) is -0.346. The first-order valence-corrected chi connectivity index (χ1v) is 11.1. The second-order valence-corrected chi connectivity index (χ2v) is 9.02. The number of rotatable bonds is 6. The van der Waals surface area contributed by atoms with E-state index >= 15 is 0 Å². The van der Waals surface area contributed by atoms with Crippen molar-refractivity contribution < 1.29 is 38.1 Å². The molecule has 0 saturated carbocycles. The molecule has 2 aliphatic rings. The van der Waals surface area contributed by atoms with Crippen molar-refractivity contribution in [3.8, 4) is 11.5 Å². The topological polar surface area (TPSA) is 124 Å². The first-order valence-electron chi connectivity index (χ1n) is 11.1. The predicted molar refractivity (Wildman–Crippen MR) is 121 cm³/mol. The van der Waals surface area contributed by atoms with Crippen molar-refractivity contribution in [2.45, 2.75) is 46.3 Å². The van der Waals surface area contributed by atoms with Gasteiger partial charge in [0.15, 0.2) is 17.3 Å². The Morgan fingerprint density at radius 3 is 2.41 bits per heavy atom. The van der Waals surface area contributed by atoms with Crippen LogP contribution in [0.4, 0.5) is 10.5 Å². The van der Waals surface area contributed by atoms with Gasteiger partial charge in [-0.3, -0.25) is 19.3 Å². The number of esters is 1. The maximum atomic E-state index is 12.9. The largest absolute Gasteiger partial charge is 0.465 e. The molecule has 2 amide bonds. The van der Waals surface area contributed by atoms with Gasteiger partial charge in [-0.1, -0.05) is 0 Å². The summed E-state index contributed by atoms with van der Waals surface area (Å²) >= 11 is 0. The minimum Gasteiger partial charge on any atom is -0.465 e. The number of carbonyl (C=O) groups is 4. The summed E-state index contributed by atoms with van der Waals surface area (Å²) in [4.78, 5) is 53.2. The minimum atomic E-state index is -0.837. The van der Waals surface area contributed by atoms with Crippen LogP contribution in [0.2, 0.25) is 0 Å².